The third kappa shape index (κ3) is 3.69. The average molecular weight is 276 g/mol. The Kier molecular flexibility index (Phi) is 3.92. The molecule has 1 N–H and O–H groups in total. The topological polar surface area (TPSA) is 69.0 Å². The maximum atomic E-state index is 11.7. The summed E-state index contributed by atoms with van der Waals surface area (Å²) >= 11 is 0. The molecule has 0 aliphatic rings. The van der Waals surface area contributed by atoms with E-state index in [0.717, 1.165) is 11.0 Å². The highest BCUT2D eigenvalue weighted by atomic mass is 16.6. The van der Waals surface area contributed by atoms with Crippen LogP contribution in [0, 0.1) is 0 Å². The molecule has 0 unspecified atom stereocenters. The van der Waals surface area contributed by atoms with Gasteiger partial charge in [0, 0.05) is 30.4 Å². The number of hydrogen-bond acceptors (Lipinski definition) is 4. The number of amides is 1. The zero-order chi connectivity index (χ0) is 14.8. The average Bonchev–Trinajstić information content (AvgIpc) is 2.70. The zero-order valence-electron chi connectivity index (χ0n) is 12.3. The zero-order valence-corrected chi connectivity index (χ0v) is 12.3. The van der Waals surface area contributed by atoms with Gasteiger partial charge in [0.15, 0.2) is 0 Å². The minimum atomic E-state index is -0.489. The van der Waals surface area contributed by atoms with Crippen molar-refractivity contribution < 1.29 is 9.53 Å². The molecule has 0 fully saturated rings. The van der Waals surface area contributed by atoms with E-state index in [2.05, 4.69) is 15.3 Å². The third-order valence-electron chi connectivity index (χ3n) is 2.66. The molecule has 2 heterocycles. The van der Waals surface area contributed by atoms with Crippen molar-refractivity contribution in [2.24, 2.45) is 0 Å². The molecule has 1 amide bonds. The van der Waals surface area contributed by atoms with Gasteiger partial charge in [0.05, 0.1) is 0 Å². The van der Waals surface area contributed by atoms with Crippen LogP contribution in [0.1, 0.15) is 27.7 Å². The smallest absolute Gasteiger partial charge is 0.407 e. The summed E-state index contributed by atoms with van der Waals surface area (Å²) in [5, 5.41) is 3.80. The van der Waals surface area contributed by atoms with E-state index in [-0.39, 0.29) is 6.04 Å². The minimum absolute atomic E-state index is 0.0598. The van der Waals surface area contributed by atoms with Crippen LogP contribution in [0.25, 0.3) is 11.0 Å². The van der Waals surface area contributed by atoms with Crippen molar-refractivity contribution >= 4 is 17.1 Å². The van der Waals surface area contributed by atoms with Gasteiger partial charge in [0.2, 0.25) is 0 Å². The highest BCUT2D eigenvalue weighted by Gasteiger charge is 2.18. The van der Waals surface area contributed by atoms with Gasteiger partial charge >= 0.3 is 6.09 Å². The summed E-state index contributed by atoms with van der Waals surface area (Å²) in [5.41, 5.74) is 0.370. The number of carbonyl (C=O) groups is 1. The standard InChI is InChI=1S/C14H20N4O2/c1-10(17-13(19)20-14(2,3)4)8-18-6-5-11-7-15-9-16-12(11)18/h5-7,9-10H,8H2,1-4H3,(H,17,19)/t10-/m1/s1. The number of rotatable bonds is 3. The first kappa shape index (κ1) is 14.3. The van der Waals surface area contributed by atoms with E-state index < -0.39 is 11.7 Å². The first-order valence-electron chi connectivity index (χ1n) is 6.59. The fourth-order valence-corrected chi connectivity index (χ4v) is 1.93. The van der Waals surface area contributed by atoms with E-state index >= 15 is 0 Å². The minimum Gasteiger partial charge on any atom is -0.444 e. The Balaban J connectivity index is 1.98. The summed E-state index contributed by atoms with van der Waals surface area (Å²) < 4.78 is 7.22. The molecule has 0 bridgehead atoms. The van der Waals surface area contributed by atoms with E-state index in [4.69, 9.17) is 4.74 Å². The maximum absolute atomic E-state index is 11.7. The predicted octanol–water partition coefficient (Wildman–Crippen LogP) is 2.34. The number of nitrogens with zero attached hydrogens (tertiary/aromatic N) is 3. The molecule has 0 spiro atoms. The molecule has 20 heavy (non-hydrogen) atoms. The molecular formula is C14H20N4O2. The van der Waals surface area contributed by atoms with Crippen LogP contribution in [0.3, 0.4) is 0 Å². The molecule has 0 saturated heterocycles. The summed E-state index contributed by atoms with van der Waals surface area (Å²) in [5.74, 6) is 0. The lowest BCUT2D eigenvalue weighted by atomic mass is 10.2. The maximum Gasteiger partial charge on any atom is 0.407 e. The Morgan fingerprint density at radius 2 is 2.25 bits per heavy atom. The Morgan fingerprint density at radius 1 is 1.50 bits per heavy atom. The number of alkyl carbamates (subject to hydrolysis) is 1. The Hall–Kier alpha value is -2.11. The highest BCUT2D eigenvalue weighted by molar-refractivity contribution is 5.74. The number of ether oxygens (including phenoxy) is 1. The van der Waals surface area contributed by atoms with E-state index in [9.17, 15) is 4.79 Å². The summed E-state index contributed by atoms with van der Waals surface area (Å²) in [7, 11) is 0. The quantitative estimate of drug-likeness (QED) is 0.934. The fourth-order valence-electron chi connectivity index (χ4n) is 1.93. The summed E-state index contributed by atoms with van der Waals surface area (Å²) in [6.07, 6.45) is 4.82. The first-order valence-corrected chi connectivity index (χ1v) is 6.59. The fraction of sp³-hybridized carbons (Fsp3) is 0.500. The molecule has 0 radical (unpaired) electrons. The molecule has 6 heteroatoms. The lowest BCUT2D eigenvalue weighted by molar-refractivity contribution is 0.0504. The second-order valence-corrected chi connectivity index (χ2v) is 5.82. The number of aromatic nitrogens is 3. The third-order valence-corrected chi connectivity index (χ3v) is 2.66. The summed E-state index contributed by atoms with van der Waals surface area (Å²) in [6.45, 7) is 8.07. The van der Waals surface area contributed by atoms with Crippen LogP contribution in [0.2, 0.25) is 0 Å². The van der Waals surface area contributed by atoms with Gasteiger partial charge in [0.1, 0.15) is 17.6 Å². The van der Waals surface area contributed by atoms with Crippen LogP contribution in [-0.2, 0) is 11.3 Å². The van der Waals surface area contributed by atoms with Crippen molar-refractivity contribution in [3.05, 3.63) is 24.8 Å². The molecule has 6 nitrogen and oxygen atoms in total. The SMILES string of the molecule is C[C@H](Cn1ccc2cncnc21)NC(=O)OC(C)(C)C. The van der Waals surface area contributed by atoms with E-state index in [0.29, 0.717) is 6.54 Å². The van der Waals surface area contributed by atoms with Crippen molar-refractivity contribution in [2.75, 3.05) is 0 Å². The van der Waals surface area contributed by atoms with Crippen molar-refractivity contribution in [1.29, 1.82) is 0 Å². The molecule has 108 valence electrons. The molecule has 2 aromatic heterocycles. The molecule has 0 saturated carbocycles. The van der Waals surface area contributed by atoms with Gasteiger partial charge in [0.25, 0.3) is 0 Å². The van der Waals surface area contributed by atoms with Crippen LogP contribution in [0.4, 0.5) is 4.79 Å². The Morgan fingerprint density at radius 3 is 2.95 bits per heavy atom. The lowest BCUT2D eigenvalue weighted by Gasteiger charge is -2.22. The van der Waals surface area contributed by atoms with Crippen molar-refractivity contribution in [3.8, 4) is 0 Å². The van der Waals surface area contributed by atoms with Crippen molar-refractivity contribution in [1.82, 2.24) is 19.9 Å². The number of fused-ring (bicyclic) bond motifs is 1. The van der Waals surface area contributed by atoms with Gasteiger partial charge in [-0.05, 0) is 33.8 Å². The van der Waals surface area contributed by atoms with Gasteiger partial charge in [-0.3, -0.25) is 0 Å². The van der Waals surface area contributed by atoms with Crippen LogP contribution in [0.15, 0.2) is 24.8 Å². The molecule has 2 aromatic rings. The van der Waals surface area contributed by atoms with E-state index in [1.165, 1.54) is 6.33 Å². The van der Waals surface area contributed by atoms with Gasteiger partial charge in [-0.25, -0.2) is 14.8 Å². The lowest BCUT2D eigenvalue weighted by Crippen LogP contribution is -2.39. The van der Waals surface area contributed by atoms with Crippen molar-refractivity contribution in [2.45, 2.75) is 45.9 Å². The van der Waals surface area contributed by atoms with Gasteiger partial charge in [-0.2, -0.15) is 0 Å². The molecule has 0 aromatic carbocycles. The Labute approximate surface area is 118 Å². The molecule has 0 aliphatic heterocycles. The highest BCUT2D eigenvalue weighted by Crippen LogP contribution is 2.12. The van der Waals surface area contributed by atoms with Crippen molar-refractivity contribution in [3.63, 3.8) is 0 Å². The van der Waals surface area contributed by atoms with E-state index in [1.807, 2.05) is 44.5 Å². The normalized spacial score (nSPS) is 13.2. The monoisotopic (exact) mass is 276 g/mol. The number of hydrogen-bond donors (Lipinski definition) is 1. The first-order chi connectivity index (χ1) is 9.35. The van der Waals surface area contributed by atoms with Gasteiger partial charge in [-0.1, -0.05) is 0 Å². The molecule has 1 atom stereocenters. The summed E-state index contributed by atoms with van der Waals surface area (Å²) in [4.78, 5) is 19.9. The molecule has 2 rings (SSSR count). The van der Waals surface area contributed by atoms with Crippen LogP contribution in [-0.4, -0.2) is 32.3 Å². The van der Waals surface area contributed by atoms with Crippen LogP contribution < -0.4 is 5.32 Å². The van der Waals surface area contributed by atoms with Gasteiger partial charge in [-0.15, -0.1) is 0 Å². The second kappa shape index (κ2) is 5.48. The van der Waals surface area contributed by atoms with E-state index in [1.54, 1.807) is 6.20 Å². The molecular weight excluding hydrogens is 256 g/mol. The van der Waals surface area contributed by atoms with Gasteiger partial charge < -0.3 is 14.6 Å². The number of carbonyl (C=O) groups excluding carboxylic acids is 1. The summed E-state index contributed by atoms with van der Waals surface area (Å²) in [6, 6.07) is 1.89. The largest absolute Gasteiger partial charge is 0.444 e. The molecule has 0 aliphatic carbocycles. The Bertz CT molecular complexity index is 600. The number of nitrogens with one attached hydrogen (secondary N) is 1. The van der Waals surface area contributed by atoms with Crippen LogP contribution in [0.5, 0.6) is 0 Å². The van der Waals surface area contributed by atoms with Crippen LogP contribution >= 0.6 is 0 Å². The second-order valence-electron chi connectivity index (χ2n) is 5.82. The predicted molar refractivity (Wildman–Crippen MR) is 76.4 cm³/mol.